The van der Waals surface area contributed by atoms with Crippen molar-refractivity contribution in [2.75, 3.05) is 14.7 Å². The van der Waals surface area contributed by atoms with Crippen molar-refractivity contribution in [3.8, 4) is 44.5 Å². The Balaban J connectivity index is 1.11. The van der Waals surface area contributed by atoms with E-state index in [0.717, 1.165) is 24.2 Å². The molecule has 0 amide bonds. The minimum absolute atomic E-state index is 0.0457. The summed E-state index contributed by atoms with van der Waals surface area (Å²) in [5, 5.41) is 1.53. The highest BCUT2D eigenvalue weighted by atomic mass is 28.3. The van der Waals surface area contributed by atoms with Crippen molar-refractivity contribution in [1.29, 1.82) is 0 Å². The fourth-order valence-electron chi connectivity index (χ4n) is 14.8. The number of hydrogen-bond donors (Lipinski definition) is 0. The third-order valence-corrected chi connectivity index (χ3v) is 21.8. The standard InChI is InChI=1S/C75H70BN3Si/c1-72(2)49-74(5)63-48-62(80(7,8)9)38-41-66(63)79(75(74,6)50-73(72,3)4)61-46-69-71-70(47-61)78(60-35-23-33-56(43-60)52-26-16-11-17-27-52)68-45-58(54-30-20-13-21-31-54)37-40-65(68)76(71)64-39-36-57(53-28-18-12-19-29-53)44-67(64)77(69)59-34-22-32-55(42-59)51-24-14-10-15-25-51/h10-48H,49-50H2,1-9H3. The molecule has 392 valence electrons. The lowest BCUT2D eigenvalue weighted by atomic mass is 9.33. The lowest BCUT2D eigenvalue weighted by molar-refractivity contribution is -0.0311. The fraction of sp³-hybridized carbons (Fsp3) is 0.200. The van der Waals surface area contributed by atoms with Crippen molar-refractivity contribution in [3.05, 3.63) is 242 Å². The molecule has 1 saturated carbocycles. The van der Waals surface area contributed by atoms with Crippen LogP contribution in [-0.2, 0) is 5.41 Å². The van der Waals surface area contributed by atoms with Gasteiger partial charge in [0.05, 0.1) is 13.6 Å². The van der Waals surface area contributed by atoms with Crippen LogP contribution in [0.3, 0.4) is 0 Å². The van der Waals surface area contributed by atoms with E-state index in [9.17, 15) is 0 Å². The Bertz CT molecular complexity index is 3850. The van der Waals surface area contributed by atoms with Crippen molar-refractivity contribution in [2.45, 2.75) is 85.0 Å². The average molecular weight is 1050 g/mol. The van der Waals surface area contributed by atoms with Gasteiger partial charge in [0, 0.05) is 50.9 Å². The van der Waals surface area contributed by atoms with Crippen LogP contribution in [0.2, 0.25) is 19.6 Å². The summed E-state index contributed by atoms with van der Waals surface area (Å²) in [7, 11) is -1.70. The predicted molar refractivity (Wildman–Crippen MR) is 346 cm³/mol. The molecule has 2 atom stereocenters. The van der Waals surface area contributed by atoms with Crippen molar-refractivity contribution < 1.29 is 0 Å². The van der Waals surface area contributed by atoms with Gasteiger partial charge in [0.15, 0.2) is 0 Å². The zero-order valence-corrected chi connectivity index (χ0v) is 48.8. The molecule has 0 radical (unpaired) electrons. The van der Waals surface area contributed by atoms with E-state index >= 15 is 0 Å². The predicted octanol–water partition coefficient (Wildman–Crippen LogP) is 18.0. The van der Waals surface area contributed by atoms with Crippen LogP contribution in [-0.4, -0.2) is 20.3 Å². The van der Waals surface area contributed by atoms with Crippen molar-refractivity contribution >= 4 is 81.9 Å². The fourth-order valence-corrected chi connectivity index (χ4v) is 16.0. The highest BCUT2D eigenvalue weighted by Crippen LogP contribution is 2.68. The van der Waals surface area contributed by atoms with Gasteiger partial charge in [0.25, 0.3) is 6.71 Å². The largest absolute Gasteiger partial charge is 0.334 e. The van der Waals surface area contributed by atoms with Crippen LogP contribution < -0.4 is 36.3 Å². The first kappa shape index (κ1) is 50.1. The van der Waals surface area contributed by atoms with Gasteiger partial charge in [0.1, 0.15) is 0 Å². The smallest absolute Gasteiger partial charge is 0.252 e. The minimum Gasteiger partial charge on any atom is -0.334 e. The second kappa shape index (κ2) is 18.2. The number of hydrogen-bond acceptors (Lipinski definition) is 3. The van der Waals surface area contributed by atoms with E-state index in [4.69, 9.17) is 0 Å². The highest BCUT2D eigenvalue weighted by molar-refractivity contribution is 7.00. The summed E-state index contributed by atoms with van der Waals surface area (Å²) in [4.78, 5) is 8.12. The maximum Gasteiger partial charge on any atom is 0.252 e. The quantitative estimate of drug-likeness (QED) is 0.140. The molecule has 5 heteroatoms. The zero-order valence-electron chi connectivity index (χ0n) is 47.8. The van der Waals surface area contributed by atoms with Crippen LogP contribution in [0.5, 0.6) is 0 Å². The molecule has 0 bridgehead atoms. The summed E-state index contributed by atoms with van der Waals surface area (Å²) in [6.07, 6.45) is 2.12. The van der Waals surface area contributed by atoms with Gasteiger partial charge in [-0.2, -0.15) is 0 Å². The summed E-state index contributed by atoms with van der Waals surface area (Å²) in [5.74, 6) is 0. The number of fused-ring (bicyclic) bond motifs is 7. The maximum atomic E-state index is 2.85. The summed E-state index contributed by atoms with van der Waals surface area (Å²) < 4.78 is 0. The lowest BCUT2D eigenvalue weighted by Crippen LogP contribution is -2.63. The van der Waals surface area contributed by atoms with Gasteiger partial charge in [-0.1, -0.05) is 241 Å². The molecule has 10 aromatic carbocycles. The highest BCUT2D eigenvalue weighted by Gasteiger charge is 2.65. The Hall–Kier alpha value is -8.12. The number of anilines is 8. The van der Waals surface area contributed by atoms with Crippen LogP contribution in [0.15, 0.2) is 237 Å². The van der Waals surface area contributed by atoms with Gasteiger partial charge in [-0.05, 0) is 152 Å². The summed E-state index contributed by atoms with van der Waals surface area (Å²) in [5.41, 5.74) is 24.4. The summed E-state index contributed by atoms with van der Waals surface area (Å²) in [6, 6.07) is 89.7. The molecule has 80 heavy (non-hydrogen) atoms. The first-order valence-corrected chi connectivity index (χ1v) is 32.4. The molecule has 0 spiro atoms. The normalized spacial score (nSPS) is 19.2. The van der Waals surface area contributed by atoms with E-state index in [2.05, 4.69) is 312 Å². The zero-order chi connectivity index (χ0) is 54.9. The van der Waals surface area contributed by atoms with Crippen molar-refractivity contribution in [3.63, 3.8) is 0 Å². The molecule has 0 saturated heterocycles. The van der Waals surface area contributed by atoms with Gasteiger partial charge in [-0.3, -0.25) is 0 Å². The summed E-state index contributed by atoms with van der Waals surface area (Å²) in [6.45, 7) is 22.9. The number of rotatable bonds is 8. The van der Waals surface area contributed by atoms with Gasteiger partial charge in [-0.15, -0.1) is 0 Å². The minimum atomic E-state index is -1.70. The van der Waals surface area contributed by atoms with Crippen LogP contribution in [0.4, 0.5) is 45.5 Å². The molecule has 14 rings (SSSR count). The van der Waals surface area contributed by atoms with E-state index in [-0.39, 0.29) is 28.5 Å². The number of benzene rings is 10. The molecule has 1 aliphatic carbocycles. The molecule has 3 heterocycles. The Morgan fingerprint density at radius 2 is 0.762 bits per heavy atom. The van der Waals surface area contributed by atoms with E-state index in [1.54, 1.807) is 0 Å². The van der Waals surface area contributed by atoms with Crippen LogP contribution >= 0.6 is 0 Å². The van der Waals surface area contributed by atoms with Crippen molar-refractivity contribution in [1.82, 2.24) is 0 Å². The third kappa shape index (κ3) is 7.75. The topological polar surface area (TPSA) is 9.72 Å². The van der Waals surface area contributed by atoms with Gasteiger partial charge < -0.3 is 14.7 Å². The lowest BCUT2D eigenvalue weighted by Gasteiger charge is -2.61. The maximum absolute atomic E-state index is 2.85. The first-order valence-electron chi connectivity index (χ1n) is 28.9. The Labute approximate surface area is 476 Å². The molecule has 1 fully saturated rings. The molecule has 10 aromatic rings. The Morgan fingerprint density at radius 3 is 1.20 bits per heavy atom. The monoisotopic (exact) mass is 1050 g/mol. The van der Waals surface area contributed by atoms with Gasteiger partial charge in [-0.25, -0.2) is 0 Å². The van der Waals surface area contributed by atoms with E-state index < -0.39 is 8.07 Å². The first-order chi connectivity index (χ1) is 38.5. The molecule has 3 aliphatic heterocycles. The number of nitrogens with zero attached hydrogens (tertiary/aromatic N) is 3. The molecular weight excluding hydrogens is 982 g/mol. The molecule has 0 aromatic heterocycles. The Kier molecular flexibility index (Phi) is 11.4. The van der Waals surface area contributed by atoms with Gasteiger partial charge in [0.2, 0.25) is 0 Å². The average Bonchev–Trinajstić information content (AvgIpc) is 3.56. The van der Waals surface area contributed by atoms with Gasteiger partial charge >= 0.3 is 0 Å². The van der Waals surface area contributed by atoms with Crippen LogP contribution in [0, 0.1) is 10.8 Å². The van der Waals surface area contributed by atoms with E-state index in [1.807, 2.05) is 0 Å². The van der Waals surface area contributed by atoms with E-state index in [0.29, 0.717) is 0 Å². The third-order valence-electron chi connectivity index (χ3n) is 19.7. The SMILES string of the molecule is CC1(C)CC2(C)c3cc([Si](C)(C)C)ccc3N(c3cc4c5c(c3)N(c3cccc(-c6ccccc6)c3)c3cc(-c6ccccc6)ccc3B5c3ccc(-c5ccccc5)cc3N4c3cccc(-c4ccccc4)c3)C2(C)CC1(C)C. The Morgan fingerprint density at radius 1 is 0.350 bits per heavy atom. The molecule has 4 aliphatic rings. The second-order valence-corrected chi connectivity index (χ2v) is 31.2. The van der Waals surface area contributed by atoms with Crippen LogP contribution in [0.25, 0.3) is 44.5 Å². The molecule has 0 N–H and O–H groups in total. The summed E-state index contributed by atoms with van der Waals surface area (Å²) >= 11 is 0. The molecular formula is C75H70BN3Si. The van der Waals surface area contributed by atoms with E-state index in [1.165, 1.54) is 106 Å². The second-order valence-electron chi connectivity index (χ2n) is 26.2. The van der Waals surface area contributed by atoms with Crippen molar-refractivity contribution in [2.24, 2.45) is 10.8 Å². The van der Waals surface area contributed by atoms with Crippen LogP contribution in [0.1, 0.15) is 59.9 Å². The molecule has 2 unspecified atom stereocenters. The molecule has 3 nitrogen and oxygen atoms in total.